The van der Waals surface area contributed by atoms with Crippen molar-refractivity contribution in [2.75, 3.05) is 33.5 Å². The van der Waals surface area contributed by atoms with Gasteiger partial charge in [0.1, 0.15) is 6.10 Å². The topological polar surface area (TPSA) is 94.1 Å². The van der Waals surface area contributed by atoms with E-state index in [-0.39, 0.29) is 5.91 Å². The van der Waals surface area contributed by atoms with Gasteiger partial charge in [-0.3, -0.25) is 4.79 Å². The summed E-state index contributed by atoms with van der Waals surface area (Å²) in [6, 6.07) is 0. The number of carboxylic acids is 1. The number of methoxy groups -OCH3 is 1. The van der Waals surface area contributed by atoms with E-state index in [2.05, 4.69) is 5.32 Å². The Morgan fingerprint density at radius 3 is 2.63 bits per heavy atom. The molecule has 0 aromatic heterocycles. The molecule has 0 aliphatic carbocycles. The molecule has 1 heterocycles. The number of carbonyl (C=O) groups is 2. The average molecular weight is 275 g/mol. The van der Waals surface area contributed by atoms with Crippen molar-refractivity contribution in [2.24, 2.45) is 0 Å². The van der Waals surface area contributed by atoms with Gasteiger partial charge in [0.2, 0.25) is 5.91 Å². The summed E-state index contributed by atoms with van der Waals surface area (Å²) in [5.74, 6) is -1.26. The summed E-state index contributed by atoms with van der Waals surface area (Å²) in [4.78, 5) is 22.3. The third kappa shape index (κ3) is 6.00. The molecular formula is C12H21NO6. The molecule has 1 aliphatic rings. The Morgan fingerprint density at radius 1 is 1.26 bits per heavy atom. The molecule has 2 N–H and O–H groups in total. The van der Waals surface area contributed by atoms with E-state index in [1.165, 1.54) is 0 Å². The van der Waals surface area contributed by atoms with Crippen molar-refractivity contribution in [3.05, 3.63) is 0 Å². The van der Waals surface area contributed by atoms with E-state index in [1.54, 1.807) is 7.11 Å². The van der Waals surface area contributed by atoms with Crippen LogP contribution in [0.3, 0.4) is 0 Å². The predicted molar refractivity (Wildman–Crippen MR) is 65.9 cm³/mol. The van der Waals surface area contributed by atoms with Gasteiger partial charge < -0.3 is 24.6 Å². The van der Waals surface area contributed by atoms with Crippen LogP contribution < -0.4 is 5.32 Å². The largest absolute Gasteiger partial charge is 0.479 e. The van der Waals surface area contributed by atoms with E-state index >= 15 is 0 Å². The van der Waals surface area contributed by atoms with Gasteiger partial charge in [-0.15, -0.1) is 0 Å². The van der Waals surface area contributed by atoms with E-state index in [0.717, 1.165) is 0 Å². The Balaban J connectivity index is 2.04. The monoisotopic (exact) mass is 275 g/mol. The number of aliphatic carboxylic acids is 1. The van der Waals surface area contributed by atoms with Crippen LogP contribution in [-0.4, -0.2) is 62.7 Å². The van der Waals surface area contributed by atoms with Crippen LogP contribution in [-0.2, 0) is 23.8 Å². The maximum absolute atomic E-state index is 11.7. The van der Waals surface area contributed by atoms with Crippen LogP contribution in [0.4, 0.5) is 0 Å². The number of hydrogen-bond acceptors (Lipinski definition) is 5. The lowest BCUT2D eigenvalue weighted by molar-refractivity contribution is -0.151. The Labute approximate surface area is 112 Å². The number of ether oxygens (including phenoxy) is 3. The molecule has 0 bridgehead atoms. The molecule has 1 fully saturated rings. The molecule has 1 aliphatic heterocycles. The lowest BCUT2D eigenvalue weighted by atomic mass is 10.2. The highest BCUT2D eigenvalue weighted by atomic mass is 16.5. The van der Waals surface area contributed by atoms with Crippen molar-refractivity contribution >= 4 is 11.9 Å². The van der Waals surface area contributed by atoms with Crippen molar-refractivity contribution in [2.45, 2.75) is 31.5 Å². The molecule has 1 saturated heterocycles. The predicted octanol–water partition coefficient (Wildman–Crippen LogP) is -0.212. The van der Waals surface area contributed by atoms with E-state index in [0.29, 0.717) is 45.6 Å². The first-order valence-corrected chi connectivity index (χ1v) is 6.37. The summed E-state index contributed by atoms with van der Waals surface area (Å²) in [7, 11) is 1.61. The van der Waals surface area contributed by atoms with Crippen LogP contribution in [0.2, 0.25) is 0 Å². The summed E-state index contributed by atoms with van der Waals surface area (Å²) in [5.41, 5.74) is 0. The normalized spacial score (nSPS) is 22.4. The Hall–Kier alpha value is -1.18. The summed E-state index contributed by atoms with van der Waals surface area (Å²) < 4.78 is 15.2. The molecule has 7 heteroatoms. The minimum Gasteiger partial charge on any atom is -0.479 e. The molecule has 19 heavy (non-hydrogen) atoms. The van der Waals surface area contributed by atoms with Gasteiger partial charge in [-0.25, -0.2) is 4.79 Å². The second-order valence-corrected chi connectivity index (χ2v) is 4.28. The minimum absolute atomic E-state index is 0.249. The third-order valence-corrected chi connectivity index (χ3v) is 2.78. The zero-order valence-corrected chi connectivity index (χ0v) is 11.1. The van der Waals surface area contributed by atoms with Crippen LogP contribution in [0.1, 0.15) is 19.3 Å². The zero-order chi connectivity index (χ0) is 14.1. The van der Waals surface area contributed by atoms with Crippen molar-refractivity contribution in [3.8, 4) is 0 Å². The number of rotatable bonds is 9. The first kappa shape index (κ1) is 15.9. The van der Waals surface area contributed by atoms with Crippen molar-refractivity contribution in [1.29, 1.82) is 0 Å². The van der Waals surface area contributed by atoms with Gasteiger partial charge in [0.25, 0.3) is 0 Å². The summed E-state index contributed by atoms with van der Waals surface area (Å²) in [6.07, 6.45) is 0.0363. The zero-order valence-electron chi connectivity index (χ0n) is 11.1. The van der Waals surface area contributed by atoms with Gasteiger partial charge >= 0.3 is 5.97 Å². The van der Waals surface area contributed by atoms with E-state index in [9.17, 15) is 9.59 Å². The molecule has 2 unspecified atom stereocenters. The van der Waals surface area contributed by atoms with Crippen LogP contribution in [0.15, 0.2) is 0 Å². The molecule has 7 nitrogen and oxygen atoms in total. The summed E-state index contributed by atoms with van der Waals surface area (Å²) in [5, 5.41) is 11.5. The number of carboxylic acid groups (broad SMARTS) is 1. The minimum atomic E-state index is -1.01. The molecule has 1 rings (SSSR count). The SMILES string of the molecule is COCCOCCCNC(=O)C1CCC(C(=O)O)O1. The first-order chi connectivity index (χ1) is 9.15. The Kier molecular flexibility index (Phi) is 7.39. The highest BCUT2D eigenvalue weighted by Crippen LogP contribution is 2.19. The number of carbonyl (C=O) groups excluding carboxylic acids is 1. The fraction of sp³-hybridized carbons (Fsp3) is 0.833. The maximum atomic E-state index is 11.7. The van der Waals surface area contributed by atoms with Crippen molar-refractivity contribution in [3.63, 3.8) is 0 Å². The second kappa shape index (κ2) is 8.84. The molecule has 1 amide bonds. The standard InChI is InChI=1S/C12H21NO6/c1-17-7-8-18-6-2-5-13-11(14)9-3-4-10(19-9)12(15)16/h9-10H,2-8H2,1H3,(H,13,14)(H,15,16). The fourth-order valence-electron chi connectivity index (χ4n) is 1.76. The van der Waals surface area contributed by atoms with Gasteiger partial charge in [-0.05, 0) is 19.3 Å². The van der Waals surface area contributed by atoms with Crippen LogP contribution in [0, 0.1) is 0 Å². The second-order valence-electron chi connectivity index (χ2n) is 4.28. The number of hydrogen-bond donors (Lipinski definition) is 2. The van der Waals surface area contributed by atoms with Gasteiger partial charge in [-0.1, -0.05) is 0 Å². The van der Waals surface area contributed by atoms with E-state index < -0.39 is 18.2 Å². The number of nitrogens with one attached hydrogen (secondary N) is 1. The van der Waals surface area contributed by atoms with Crippen LogP contribution in [0.5, 0.6) is 0 Å². The van der Waals surface area contributed by atoms with Gasteiger partial charge in [0, 0.05) is 20.3 Å². The van der Waals surface area contributed by atoms with Crippen molar-refractivity contribution < 1.29 is 28.9 Å². The third-order valence-electron chi connectivity index (χ3n) is 2.78. The molecule has 0 spiro atoms. The average Bonchev–Trinajstić information content (AvgIpc) is 2.87. The van der Waals surface area contributed by atoms with Crippen LogP contribution >= 0.6 is 0 Å². The lowest BCUT2D eigenvalue weighted by Gasteiger charge is -2.11. The van der Waals surface area contributed by atoms with E-state index in [4.69, 9.17) is 19.3 Å². The smallest absolute Gasteiger partial charge is 0.332 e. The molecule has 0 radical (unpaired) electrons. The maximum Gasteiger partial charge on any atom is 0.332 e. The molecule has 0 aromatic rings. The van der Waals surface area contributed by atoms with Crippen LogP contribution in [0.25, 0.3) is 0 Å². The van der Waals surface area contributed by atoms with E-state index in [1.807, 2.05) is 0 Å². The van der Waals surface area contributed by atoms with Gasteiger partial charge in [0.05, 0.1) is 13.2 Å². The van der Waals surface area contributed by atoms with Gasteiger partial charge in [0.15, 0.2) is 6.10 Å². The molecule has 110 valence electrons. The fourth-order valence-corrected chi connectivity index (χ4v) is 1.76. The highest BCUT2D eigenvalue weighted by molar-refractivity contribution is 5.82. The number of amides is 1. The highest BCUT2D eigenvalue weighted by Gasteiger charge is 2.34. The molecule has 0 aromatic carbocycles. The Bertz CT molecular complexity index is 296. The molecule has 0 saturated carbocycles. The summed E-state index contributed by atoms with van der Waals surface area (Å²) >= 11 is 0. The van der Waals surface area contributed by atoms with Gasteiger partial charge in [-0.2, -0.15) is 0 Å². The first-order valence-electron chi connectivity index (χ1n) is 6.37. The Morgan fingerprint density at radius 2 is 2.00 bits per heavy atom. The molecular weight excluding hydrogens is 254 g/mol. The molecule has 2 atom stereocenters. The summed E-state index contributed by atoms with van der Waals surface area (Å²) in [6.45, 7) is 2.13. The van der Waals surface area contributed by atoms with Crippen molar-refractivity contribution in [1.82, 2.24) is 5.32 Å². The lowest BCUT2D eigenvalue weighted by Crippen LogP contribution is -2.36. The quantitative estimate of drug-likeness (QED) is 0.565.